The third-order valence-electron chi connectivity index (χ3n) is 4.29. The van der Waals surface area contributed by atoms with E-state index in [0.29, 0.717) is 24.4 Å². The highest BCUT2D eigenvalue weighted by atomic mass is 32.2. The molecule has 1 aromatic carbocycles. The van der Waals surface area contributed by atoms with Crippen LogP contribution >= 0.6 is 0 Å². The number of sulfonamides is 1. The van der Waals surface area contributed by atoms with Crippen LogP contribution in [0.25, 0.3) is 0 Å². The number of piperidine rings is 1. The molecular weight excluding hydrogens is 288 g/mol. The highest BCUT2D eigenvalue weighted by Crippen LogP contribution is 2.25. The van der Waals surface area contributed by atoms with E-state index < -0.39 is 10.0 Å². The Balaban J connectivity index is 1.78. The summed E-state index contributed by atoms with van der Waals surface area (Å²) in [6.45, 7) is 1.72. The molecule has 2 aliphatic heterocycles. The molecule has 1 unspecified atom stereocenters. The van der Waals surface area contributed by atoms with Crippen LogP contribution in [0.4, 0.5) is 0 Å². The molecule has 1 atom stereocenters. The maximum atomic E-state index is 12.7. The van der Waals surface area contributed by atoms with Gasteiger partial charge in [-0.1, -0.05) is 18.2 Å². The molecule has 2 heterocycles. The summed E-state index contributed by atoms with van der Waals surface area (Å²) in [6.07, 6.45) is 3.19. The van der Waals surface area contributed by atoms with Gasteiger partial charge in [-0.15, -0.1) is 0 Å². The normalized spacial score (nSPS) is 24.5. The van der Waals surface area contributed by atoms with Crippen LogP contribution in [-0.4, -0.2) is 49.2 Å². The summed E-state index contributed by atoms with van der Waals surface area (Å²) in [7, 11) is -3.45. The number of likely N-dealkylation sites (tertiary alicyclic amines) is 1. The van der Waals surface area contributed by atoms with Gasteiger partial charge < -0.3 is 4.90 Å². The molecule has 1 aromatic rings. The molecule has 0 bridgehead atoms. The third kappa shape index (κ3) is 2.82. The van der Waals surface area contributed by atoms with Gasteiger partial charge in [0, 0.05) is 32.1 Å². The molecule has 2 fully saturated rings. The van der Waals surface area contributed by atoms with E-state index in [1.165, 1.54) is 4.31 Å². The van der Waals surface area contributed by atoms with Gasteiger partial charge >= 0.3 is 0 Å². The molecule has 0 saturated carbocycles. The average Bonchev–Trinajstić information content (AvgIpc) is 2.94. The van der Waals surface area contributed by atoms with E-state index in [0.717, 1.165) is 25.8 Å². The van der Waals surface area contributed by atoms with E-state index in [9.17, 15) is 13.2 Å². The van der Waals surface area contributed by atoms with Crippen LogP contribution < -0.4 is 0 Å². The van der Waals surface area contributed by atoms with Gasteiger partial charge in [0.05, 0.1) is 4.90 Å². The first-order chi connectivity index (χ1) is 10.1. The molecule has 0 aromatic heterocycles. The second-order valence-electron chi connectivity index (χ2n) is 5.66. The molecule has 21 heavy (non-hydrogen) atoms. The number of hydrogen-bond donors (Lipinski definition) is 0. The highest BCUT2D eigenvalue weighted by Gasteiger charge is 2.35. The zero-order valence-electron chi connectivity index (χ0n) is 11.9. The maximum Gasteiger partial charge on any atom is 0.243 e. The van der Waals surface area contributed by atoms with Crippen molar-refractivity contribution in [3.05, 3.63) is 30.3 Å². The molecule has 0 N–H and O–H groups in total. The summed E-state index contributed by atoms with van der Waals surface area (Å²) in [6, 6.07) is 8.56. The molecule has 0 radical (unpaired) electrons. The third-order valence-corrected chi connectivity index (χ3v) is 6.17. The Kier molecular flexibility index (Phi) is 3.99. The fourth-order valence-electron chi connectivity index (χ4n) is 3.19. The molecule has 114 valence electrons. The number of nitrogens with zero attached hydrogens (tertiary/aromatic N) is 2. The predicted molar refractivity (Wildman–Crippen MR) is 79.2 cm³/mol. The van der Waals surface area contributed by atoms with E-state index in [1.54, 1.807) is 30.3 Å². The van der Waals surface area contributed by atoms with Crippen LogP contribution in [0.2, 0.25) is 0 Å². The quantitative estimate of drug-likeness (QED) is 0.849. The molecule has 5 nitrogen and oxygen atoms in total. The van der Waals surface area contributed by atoms with Crippen LogP contribution in [0.1, 0.15) is 25.7 Å². The zero-order valence-corrected chi connectivity index (χ0v) is 12.8. The van der Waals surface area contributed by atoms with Crippen molar-refractivity contribution in [2.45, 2.75) is 36.6 Å². The maximum absolute atomic E-state index is 12.7. The minimum Gasteiger partial charge on any atom is -0.338 e. The van der Waals surface area contributed by atoms with Gasteiger partial charge in [0.25, 0.3) is 0 Å². The van der Waals surface area contributed by atoms with Crippen LogP contribution in [0.15, 0.2) is 35.2 Å². The standard InChI is InChI=1S/C15H20N2O3S/c18-15-9-5-11-17(15)13-6-4-10-16(12-13)21(19,20)14-7-2-1-3-8-14/h1-3,7-8,13H,4-6,9-12H2. The summed E-state index contributed by atoms with van der Waals surface area (Å²) >= 11 is 0. The number of carbonyl (C=O) groups is 1. The van der Waals surface area contributed by atoms with Gasteiger partial charge in [-0.3, -0.25) is 4.79 Å². The lowest BCUT2D eigenvalue weighted by atomic mass is 10.1. The Bertz CT molecular complexity index is 615. The van der Waals surface area contributed by atoms with Gasteiger partial charge in [-0.05, 0) is 31.4 Å². The molecule has 2 aliphatic rings. The molecule has 0 spiro atoms. The second kappa shape index (κ2) is 5.77. The van der Waals surface area contributed by atoms with Crippen molar-refractivity contribution in [2.75, 3.05) is 19.6 Å². The van der Waals surface area contributed by atoms with Crippen molar-refractivity contribution in [3.63, 3.8) is 0 Å². The van der Waals surface area contributed by atoms with Crippen molar-refractivity contribution >= 4 is 15.9 Å². The monoisotopic (exact) mass is 308 g/mol. The number of benzene rings is 1. The Labute approximate surface area is 125 Å². The number of carbonyl (C=O) groups excluding carboxylic acids is 1. The molecule has 1 amide bonds. The zero-order chi connectivity index (χ0) is 14.9. The van der Waals surface area contributed by atoms with Crippen molar-refractivity contribution < 1.29 is 13.2 Å². The largest absolute Gasteiger partial charge is 0.338 e. The van der Waals surface area contributed by atoms with Gasteiger partial charge in [0.2, 0.25) is 15.9 Å². The lowest BCUT2D eigenvalue weighted by Gasteiger charge is -2.36. The van der Waals surface area contributed by atoms with E-state index in [2.05, 4.69) is 0 Å². The van der Waals surface area contributed by atoms with Crippen molar-refractivity contribution in [3.8, 4) is 0 Å². The molecule has 6 heteroatoms. The Morgan fingerprint density at radius 1 is 1.05 bits per heavy atom. The van der Waals surface area contributed by atoms with Crippen LogP contribution in [0.5, 0.6) is 0 Å². The first-order valence-electron chi connectivity index (χ1n) is 7.44. The topological polar surface area (TPSA) is 57.7 Å². The number of amides is 1. The average molecular weight is 308 g/mol. The molecule has 2 saturated heterocycles. The second-order valence-corrected chi connectivity index (χ2v) is 7.60. The summed E-state index contributed by atoms with van der Waals surface area (Å²) in [5, 5.41) is 0. The van der Waals surface area contributed by atoms with E-state index in [4.69, 9.17) is 0 Å². The van der Waals surface area contributed by atoms with Crippen LogP contribution in [0.3, 0.4) is 0 Å². The number of hydrogen-bond acceptors (Lipinski definition) is 3. The predicted octanol–water partition coefficient (Wildman–Crippen LogP) is 1.46. The Morgan fingerprint density at radius 2 is 1.81 bits per heavy atom. The fraction of sp³-hybridized carbons (Fsp3) is 0.533. The Hall–Kier alpha value is -1.40. The van der Waals surface area contributed by atoms with E-state index >= 15 is 0 Å². The van der Waals surface area contributed by atoms with Gasteiger partial charge in [0.15, 0.2) is 0 Å². The summed E-state index contributed by atoms with van der Waals surface area (Å²) < 4.78 is 26.8. The van der Waals surface area contributed by atoms with Crippen molar-refractivity contribution in [1.29, 1.82) is 0 Å². The smallest absolute Gasteiger partial charge is 0.243 e. The molecule has 3 rings (SSSR count). The van der Waals surface area contributed by atoms with Crippen LogP contribution in [0, 0.1) is 0 Å². The summed E-state index contributed by atoms with van der Waals surface area (Å²) in [5.74, 6) is 0.166. The van der Waals surface area contributed by atoms with Crippen molar-refractivity contribution in [1.82, 2.24) is 9.21 Å². The fourth-order valence-corrected chi connectivity index (χ4v) is 4.73. The first-order valence-corrected chi connectivity index (χ1v) is 8.88. The molecule has 0 aliphatic carbocycles. The summed E-state index contributed by atoms with van der Waals surface area (Å²) in [4.78, 5) is 14.1. The minimum absolute atomic E-state index is 0.0345. The van der Waals surface area contributed by atoms with Gasteiger partial charge in [-0.25, -0.2) is 8.42 Å². The van der Waals surface area contributed by atoms with Crippen molar-refractivity contribution in [2.24, 2.45) is 0 Å². The SMILES string of the molecule is O=C1CCCN1C1CCCN(S(=O)(=O)c2ccccc2)C1. The first kappa shape index (κ1) is 14.5. The lowest BCUT2D eigenvalue weighted by Crippen LogP contribution is -2.50. The summed E-state index contributed by atoms with van der Waals surface area (Å²) in [5.41, 5.74) is 0. The van der Waals surface area contributed by atoms with E-state index in [1.807, 2.05) is 4.90 Å². The van der Waals surface area contributed by atoms with E-state index in [-0.39, 0.29) is 11.9 Å². The van der Waals surface area contributed by atoms with Crippen LogP contribution in [-0.2, 0) is 14.8 Å². The molecular formula is C15H20N2O3S. The lowest BCUT2D eigenvalue weighted by molar-refractivity contribution is -0.130. The minimum atomic E-state index is -3.45. The van der Waals surface area contributed by atoms with Gasteiger partial charge in [-0.2, -0.15) is 4.31 Å². The number of rotatable bonds is 3. The highest BCUT2D eigenvalue weighted by molar-refractivity contribution is 7.89. The Morgan fingerprint density at radius 3 is 2.48 bits per heavy atom. The van der Waals surface area contributed by atoms with Gasteiger partial charge in [0.1, 0.15) is 0 Å².